The van der Waals surface area contributed by atoms with Gasteiger partial charge in [0, 0.05) is 12.5 Å². The molecule has 5 nitrogen and oxygen atoms in total. The molecule has 0 fully saturated rings. The summed E-state index contributed by atoms with van der Waals surface area (Å²) in [5.74, 6) is -2.17. The number of rotatable bonds is 4. The van der Waals surface area contributed by atoms with Crippen LogP contribution in [0, 0.1) is 16.0 Å². The average Bonchev–Trinajstić information content (AvgIpc) is 2.47. The topological polar surface area (TPSA) is 69.4 Å². The summed E-state index contributed by atoms with van der Waals surface area (Å²) in [6.45, 7) is 3.44. The Morgan fingerprint density at radius 3 is 2.54 bits per heavy atom. The molecule has 1 aromatic rings. The van der Waals surface area contributed by atoms with E-state index in [4.69, 9.17) is 4.74 Å². The van der Waals surface area contributed by atoms with Gasteiger partial charge in [-0.15, -0.1) is 0 Å². The Hall–Kier alpha value is -2.12. The molecule has 0 saturated heterocycles. The van der Waals surface area contributed by atoms with E-state index in [9.17, 15) is 28.1 Å². The second-order valence-corrected chi connectivity index (χ2v) is 6.52. The number of ether oxygens (including phenoxy) is 1. The van der Waals surface area contributed by atoms with E-state index in [1.165, 1.54) is 13.2 Å². The Morgan fingerprint density at radius 2 is 2.04 bits per heavy atom. The van der Waals surface area contributed by atoms with Crippen molar-refractivity contribution >= 4 is 11.5 Å². The van der Waals surface area contributed by atoms with Gasteiger partial charge < -0.3 is 4.74 Å². The number of alkyl halides is 3. The molecule has 1 aromatic carbocycles. The maximum Gasteiger partial charge on any atom is 0.449 e. The zero-order valence-electron chi connectivity index (χ0n) is 13.6. The van der Waals surface area contributed by atoms with E-state index in [1.807, 2.05) is 0 Å². The van der Waals surface area contributed by atoms with E-state index in [0.29, 0.717) is 18.4 Å². The second-order valence-electron chi connectivity index (χ2n) is 6.52. The first kappa shape index (κ1) is 18.2. The molecule has 0 heterocycles. The summed E-state index contributed by atoms with van der Waals surface area (Å²) in [5, 5.41) is 11.2. The molecule has 0 aliphatic heterocycles. The second kappa shape index (κ2) is 6.07. The molecule has 24 heavy (non-hydrogen) atoms. The number of nitro groups is 1. The molecule has 0 aromatic heterocycles. The van der Waals surface area contributed by atoms with Crippen LogP contribution in [-0.2, 0) is 16.6 Å². The van der Waals surface area contributed by atoms with Crippen LogP contribution in [0.4, 0.5) is 18.9 Å². The molecule has 0 spiro atoms. The Balaban J connectivity index is 2.43. The standard InChI is InChI=1S/C16H18F3NO4/c1-15(2)10(7-14(21)16(17,18)19)5-4-9-6-13(24-3)12(20(22)23)8-11(9)15/h6,8,10H,4-5,7H2,1-3H3. The van der Waals surface area contributed by atoms with E-state index in [1.54, 1.807) is 19.9 Å². The van der Waals surface area contributed by atoms with Gasteiger partial charge in [-0.3, -0.25) is 14.9 Å². The molecule has 1 aliphatic carbocycles. The van der Waals surface area contributed by atoms with Crippen LogP contribution in [0.25, 0.3) is 0 Å². The molecule has 2 rings (SSSR count). The molecule has 1 atom stereocenters. The summed E-state index contributed by atoms with van der Waals surface area (Å²) >= 11 is 0. The summed E-state index contributed by atoms with van der Waals surface area (Å²) < 4.78 is 42.7. The molecule has 1 aliphatic rings. The maximum absolute atomic E-state index is 12.6. The van der Waals surface area contributed by atoms with Crippen molar-refractivity contribution < 1.29 is 27.6 Å². The molecule has 0 bridgehead atoms. The lowest BCUT2D eigenvalue weighted by Gasteiger charge is -2.40. The zero-order valence-corrected chi connectivity index (χ0v) is 13.6. The first-order chi connectivity index (χ1) is 11.0. The van der Waals surface area contributed by atoms with Crippen molar-refractivity contribution in [3.8, 4) is 5.75 Å². The minimum atomic E-state index is -4.86. The van der Waals surface area contributed by atoms with Crippen LogP contribution in [0.5, 0.6) is 5.75 Å². The van der Waals surface area contributed by atoms with Crippen LogP contribution in [0.2, 0.25) is 0 Å². The lowest BCUT2D eigenvalue weighted by Crippen LogP contribution is -2.38. The van der Waals surface area contributed by atoms with Gasteiger partial charge in [0.15, 0.2) is 5.75 Å². The summed E-state index contributed by atoms with van der Waals surface area (Å²) in [4.78, 5) is 22.0. The monoisotopic (exact) mass is 345 g/mol. The quantitative estimate of drug-likeness (QED) is 0.612. The van der Waals surface area contributed by atoms with E-state index >= 15 is 0 Å². The summed E-state index contributed by atoms with van der Waals surface area (Å²) in [5.41, 5.74) is 0.387. The third kappa shape index (κ3) is 3.22. The molecular formula is C16H18F3NO4. The van der Waals surface area contributed by atoms with Gasteiger partial charge >= 0.3 is 11.9 Å². The zero-order chi connectivity index (χ0) is 18.3. The van der Waals surface area contributed by atoms with Crippen LogP contribution in [0.3, 0.4) is 0 Å². The Morgan fingerprint density at radius 1 is 1.42 bits per heavy atom. The number of fused-ring (bicyclic) bond motifs is 1. The fraction of sp³-hybridized carbons (Fsp3) is 0.562. The van der Waals surface area contributed by atoms with E-state index in [-0.39, 0.29) is 11.4 Å². The highest BCUT2D eigenvalue weighted by Crippen LogP contribution is 2.46. The summed E-state index contributed by atoms with van der Waals surface area (Å²) in [6.07, 6.45) is -4.62. The number of Topliss-reactive ketones (excluding diaryl/α,β-unsaturated/α-hetero) is 1. The molecule has 0 radical (unpaired) electrons. The minimum absolute atomic E-state index is 0.124. The number of hydrogen-bond acceptors (Lipinski definition) is 4. The number of methoxy groups -OCH3 is 1. The number of nitro benzene ring substituents is 1. The van der Waals surface area contributed by atoms with Gasteiger partial charge in [-0.25, -0.2) is 0 Å². The summed E-state index contributed by atoms with van der Waals surface area (Å²) in [7, 11) is 1.33. The van der Waals surface area contributed by atoms with Crippen LogP contribution in [0.1, 0.15) is 37.8 Å². The highest BCUT2D eigenvalue weighted by Gasteiger charge is 2.45. The Labute approximate surface area is 136 Å². The molecular weight excluding hydrogens is 327 g/mol. The number of nitrogens with zero attached hydrogens (tertiary/aromatic N) is 1. The number of ketones is 1. The lowest BCUT2D eigenvalue weighted by atomic mass is 9.64. The van der Waals surface area contributed by atoms with E-state index in [0.717, 1.165) is 5.56 Å². The molecule has 0 N–H and O–H groups in total. The Bertz CT molecular complexity index is 683. The van der Waals surface area contributed by atoms with E-state index < -0.39 is 34.6 Å². The average molecular weight is 345 g/mol. The Kier molecular flexibility index (Phi) is 4.61. The SMILES string of the molecule is COc1cc2c(cc1[N+](=O)[O-])C(C)(C)C(CC(=O)C(F)(F)F)CC2. The van der Waals surface area contributed by atoms with Crippen molar-refractivity contribution in [2.75, 3.05) is 7.11 Å². The molecule has 0 saturated carbocycles. The van der Waals surface area contributed by atoms with Crippen molar-refractivity contribution in [2.45, 2.75) is 44.7 Å². The fourth-order valence-corrected chi connectivity index (χ4v) is 3.33. The van der Waals surface area contributed by atoms with Crippen LogP contribution in [0.15, 0.2) is 12.1 Å². The number of aryl methyl sites for hydroxylation is 1. The van der Waals surface area contributed by atoms with E-state index in [2.05, 4.69) is 0 Å². The van der Waals surface area contributed by atoms with Crippen molar-refractivity contribution in [2.24, 2.45) is 5.92 Å². The van der Waals surface area contributed by atoms with Crippen molar-refractivity contribution in [3.63, 3.8) is 0 Å². The number of carbonyl (C=O) groups is 1. The van der Waals surface area contributed by atoms with Gasteiger partial charge in [0.2, 0.25) is 5.78 Å². The third-order valence-corrected chi connectivity index (χ3v) is 4.83. The first-order valence-electron chi connectivity index (χ1n) is 7.44. The van der Waals surface area contributed by atoms with Crippen LogP contribution in [-0.4, -0.2) is 24.0 Å². The maximum atomic E-state index is 12.6. The van der Waals surface area contributed by atoms with Gasteiger partial charge in [0.1, 0.15) is 0 Å². The van der Waals surface area contributed by atoms with Crippen LogP contribution >= 0.6 is 0 Å². The highest BCUT2D eigenvalue weighted by atomic mass is 19.4. The molecule has 0 amide bonds. The molecule has 132 valence electrons. The van der Waals surface area contributed by atoms with Gasteiger partial charge in [-0.1, -0.05) is 13.8 Å². The minimum Gasteiger partial charge on any atom is -0.490 e. The van der Waals surface area contributed by atoms with Crippen LogP contribution < -0.4 is 4.74 Å². The largest absolute Gasteiger partial charge is 0.490 e. The molecule has 8 heteroatoms. The van der Waals surface area contributed by atoms with Gasteiger partial charge in [-0.05, 0) is 41.4 Å². The predicted octanol–water partition coefficient (Wildman–Crippen LogP) is 3.96. The van der Waals surface area contributed by atoms with Gasteiger partial charge in [0.05, 0.1) is 12.0 Å². The van der Waals surface area contributed by atoms with Crippen molar-refractivity contribution in [1.82, 2.24) is 0 Å². The number of carbonyl (C=O) groups excluding carboxylic acids is 1. The summed E-state index contributed by atoms with van der Waals surface area (Å²) in [6, 6.07) is 2.93. The normalized spacial score (nSPS) is 19.5. The van der Waals surface area contributed by atoms with Gasteiger partial charge in [0.25, 0.3) is 0 Å². The number of halogens is 3. The molecule has 1 unspecified atom stereocenters. The van der Waals surface area contributed by atoms with Crippen molar-refractivity contribution in [3.05, 3.63) is 33.4 Å². The van der Waals surface area contributed by atoms with Gasteiger partial charge in [-0.2, -0.15) is 13.2 Å². The fourth-order valence-electron chi connectivity index (χ4n) is 3.33. The predicted molar refractivity (Wildman–Crippen MR) is 80.2 cm³/mol. The number of benzene rings is 1. The highest BCUT2D eigenvalue weighted by molar-refractivity contribution is 5.84. The smallest absolute Gasteiger partial charge is 0.449 e. The lowest BCUT2D eigenvalue weighted by molar-refractivity contribution is -0.385. The van der Waals surface area contributed by atoms with Crippen molar-refractivity contribution in [1.29, 1.82) is 0 Å². The third-order valence-electron chi connectivity index (χ3n) is 4.83. The number of hydrogen-bond donors (Lipinski definition) is 0. The first-order valence-corrected chi connectivity index (χ1v) is 7.44.